The lowest BCUT2D eigenvalue weighted by atomic mass is 10.2. The molecule has 8 heteroatoms. The molecule has 0 unspecified atom stereocenters. The number of hydrogen-bond acceptors (Lipinski definition) is 6. The van der Waals surface area contributed by atoms with Crippen LogP contribution in [0.1, 0.15) is 21.3 Å². The molecule has 0 saturated heterocycles. The summed E-state index contributed by atoms with van der Waals surface area (Å²) in [7, 11) is -2.28. The van der Waals surface area contributed by atoms with Gasteiger partial charge in [0.05, 0.1) is 12.0 Å². The molecule has 3 aromatic rings. The molecule has 0 fully saturated rings. The van der Waals surface area contributed by atoms with Gasteiger partial charge in [0, 0.05) is 25.1 Å². The maximum Gasteiger partial charge on any atom is 0.269 e. The van der Waals surface area contributed by atoms with Crippen molar-refractivity contribution in [2.75, 3.05) is 13.7 Å². The third-order valence-corrected chi connectivity index (χ3v) is 6.28. The van der Waals surface area contributed by atoms with Crippen LogP contribution >= 0.6 is 0 Å². The third-order valence-electron chi connectivity index (χ3n) is 4.16. The van der Waals surface area contributed by atoms with Crippen LogP contribution in [0.4, 0.5) is 0 Å². The first kappa shape index (κ1) is 19.5. The summed E-state index contributed by atoms with van der Waals surface area (Å²) in [4.78, 5) is 20.5. The molecule has 2 aromatic heterocycles. The first-order valence-electron chi connectivity index (χ1n) is 8.49. The van der Waals surface area contributed by atoms with Crippen LogP contribution in [0.25, 0.3) is 0 Å². The van der Waals surface area contributed by atoms with Crippen LogP contribution in [-0.2, 0) is 9.84 Å². The summed E-state index contributed by atoms with van der Waals surface area (Å²) < 4.78 is 31.6. The summed E-state index contributed by atoms with van der Waals surface area (Å²) >= 11 is 0. The number of nitrogens with one attached hydrogen (secondary N) is 1. The highest BCUT2D eigenvalue weighted by molar-refractivity contribution is 7.91. The Morgan fingerprint density at radius 3 is 2.46 bits per heavy atom. The molecule has 1 aromatic carbocycles. The second-order valence-corrected chi connectivity index (χ2v) is 8.05. The van der Waals surface area contributed by atoms with Gasteiger partial charge < -0.3 is 10.1 Å². The van der Waals surface area contributed by atoms with E-state index in [1.807, 2.05) is 0 Å². The van der Waals surface area contributed by atoms with Crippen molar-refractivity contribution in [3.05, 3.63) is 84.4 Å². The molecule has 1 amide bonds. The molecule has 3 rings (SSSR count). The molecule has 0 radical (unpaired) electrons. The number of ether oxygens (including phenoxy) is 1. The SMILES string of the molecule is COc1ccc(S(=O)(=O)[C@@H](CNC(=O)c2ccccn2)c2cccnc2)cc1. The first-order valence-corrected chi connectivity index (χ1v) is 10.0. The van der Waals surface area contributed by atoms with Crippen molar-refractivity contribution in [3.63, 3.8) is 0 Å². The van der Waals surface area contributed by atoms with Crippen molar-refractivity contribution in [1.82, 2.24) is 15.3 Å². The Morgan fingerprint density at radius 1 is 1.07 bits per heavy atom. The van der Waals surface area contributed by atoms with E-state index in [1.54, 1.807) is 48.7 Å². The van der Waals surface area contributed by atoms with Gasteiger partial charge in [0.25, 0.3) is 5.91 Å². The average Bonchev–Trinajstić information content (AvgIpc) is 2.75. The highest BCUT2D eigenvalue weighted by atomic mass is 32.2. The van der Waals surface area contributed by atoms with E-state index in [1.165, 1.54) is 31.6 Å². The number of carbonyl (C=O) groups is 1. The number of methoxy groups -OCH3 is 1. The molecule has 28 heavy (non-hydrogen) atoms. The van der Waals surface area contributed by atoms with Crippen molar-refractivity contribution < 1.29 is 17.9 Å². The average molecular weight is 397 g/mol. The number of amides is 1. The van der Waals surface area contributed by atoms with E-state index in [9.17, 15) is 13.2 Å². The van der Waals surface area contributed by atoms with Gasteiger partial charge in [-0.15, -0.1) is 0 Å². The van der Waals surface area contributed by atoms with Gasteiger partial charge in [-0.25, -0.2) is 8.42 Å². The fourth-order valence-corrected chi connectivity index (χ4v) is 4.32. The number of hydrogen-bond donors (Lipinski definition) is 1. The number of nitrogens with zero attached hydrogens (tertiary/aromatic N) is 2. The van der Waals surface area contributed by atoms with Gasteiger partial charge in [0.2, 0.25) is 0 Å². The first-order chi connectivity index (χ1) is 13.5. The summed E-state index contributed by atoms with van der Waals surface area (Å²) in [6, 6.07) is 14.4. The van der Waals surface area contributed by atoms with E-state index in [4.69, 9.17) is 4.74 Å². The molecule has 2 heterocycles. The van der Waals surface area contributed by atoms with E-state index >= 15 is 0 Å². The Bertz CT molecular complexity index is 1020. The van der Waals surface area contributed by atoms with Gasteiger partial charge in [-0.05, 0) is 48.0 Å². The van der Waals surface area contributed by atoms with Crippen LogP contribution in [0.2, 0.25) is 0 Å². The van der Waals surface area contributed by atoms with Gasteiger partial charge in [-0.1, -0.05) is 12.1 Å². The van der Waals surface area contributed by atoms with Crippen molar-refractivity contribution in [3.8, 4) is 5.75 Å². The fourth-order valence-electron chi connectivity index (χ4n) is 2.68. The van der Waals surface area contributed by atoms with Crippen molar-refractivity contribution in [2.45, 2.75) is 10.1 Å². The predicted octanol–water partition coefficient (Wildman–Crippen LogP) is 2.43. The fraction of sp³-hybridized carbons (Fsp3) is 0.150. The quantitative estimate of drug-likeness (QED) is 0.657. The van der Waals surface area contributed by atoms with E-state index in [0.717, 1.165) is 0 Å². The predicted molar refractivity (Wildman–Crippen MR) is 104 cm³/mol. The van der Waals surface area contributed by atoms with Crippen molar-refractivity contribution in [1.29, 1.82) is 0 Å². The van der Waals surface area contributed by atoms with Crippen LogP contribution in [0.15, 0.2) is 78.1 Å². The Labute approximate surface area is 163 Å². The zero-order chi connectivity index (χ0) is 20.0. The number of aromatic nitrogens is 2. The van der Waals surface area contributed by atoms with Gasteiger partial charge >= 0.3 is 0 Å². The lowest BCUT2D eigenvalue weighted by molar-refractivity contribution is 0.0948. The molecule has 0 bridgehead atoms. The number of pyridine rings is 2. The summed E-state index contributed by atoms with van der Waals surface area (Å²) in [5.41, 5.74) is 0.703. The second kappa shape index (κ2) is 8.62. The number of rotatable bonds is 7. The lowest BCUT2D eigenvalue weighted by Crippen LogP contribution is -2.32. The minimum Gasteiger partial charge on any atom is -0.497 e. The van der Waals surface area contributed by atoms with Crippen LogP contribution in [0, 0.1) is 0 Å². The van der Waals surface area contributed by atoms with Gasteiger partial charge in [-0.2, -0.15) is 0 Å². The highest BCUT2D eigenvalue weighted by Crippen LogP contribution is 2.29. The number of carbonyl (C=O) groups excluding carboxylic acids is 1. The van der Waals surface area contributed by atoms with Crippen LogP contribution in [0.5, 0.6) is 5.75 Å². The Hall–Kier alpha value is -3.26. The molecule has 0 saturated carbocycles. The normalized spacial score (nSPS) is 12.2. The second-order valence-electron chi connectivity index (χ2n) is 5.92. The Morgan fingerprint density at radius 2 is 1.86 bits per heavy atom. The van der Waals surface area contributed by atoms with Gasteiger partial charge in [-0.3, -0.25) is 14.8 Å². The molecule has 0 aliphatic rings. The molecular formula is C20H19N3O4S. The van der Waals surface area contributed by atoms with Crippen molar-refractivity contribution >= 4 is 15.7 Å². The molecule has 0 aliphatic carbocycles. The Kier molecular flexibility index (Phi) is 6.00. The molecule has 0 aliphatic heterocycles. The minimum absolute atomic E-state index is 0.116. The van der Waals surface area contributed by atoms with Crippen LogP contribution in [-0.4, -0.2) is 37.9 Å². The monoisotopic (exact) mass is 397 g/mol. The third kappa shape index (κ3) is 4.34. The van der Waals surface area contributed by atoms with Gasteiger partial charge in [0.15, 0.2) is 9.84 Å². The zero-order valence-electron chi connectivity index (χ0n) is 15.1. The maximum atomic E-state index is 13.2. The summed E-state index contributed by atoms with van der Waals surface area (Å²) in [5.74, 6) is 0.111. The summed E-state index contributed by atoms with van der Waals surface area (Å²) in [6.45, 7) is -0.116. The van der Waals surface area contributed by atoms with E-state index in [0.29, 0.717) is 11.3 Å². The Balaban J connectivity index is 1.89. The highest BCUT2D eigenvalue weighted by Gasteiger charge is 2.30. The molecule has 0 spiro atoms. The molecular weight excluding hydrogens is 378 g/mol. The molecule has 1 atom stereocenters. The molecule has 144 valence electrons. The minimum atomic E-state index is -3.79. The van der Waals surface area contributed by atoms with Crippen LogP contribution in [0.3, 0.4) is 0 Å². The molecule has 7 nitrogen and oxygen atoms in total. The summed E-state index contributed by atoms with van der Waals surface area (Å²) in [5, 5.41) is 1.66. The van der Waals surface area contributed by atoms with Crippen LogP contribution < -0.4 is 10.1 Å². The van der Waals surface area contributed by atoms with Gasteiger partial charge in [0.1, 0.15) is 16.7 Å². The van der Waals surface area contributed by atoms with E-state index in [-0.39, 0.29) is 17.1 Å². The van der Waals surface area contributed by atoms with E-state index < -0.39 is 21.0 Å². The van der Waals surface area contributed by atoms with Crippen molar-refractivity contribution in [2.24, 2.45) is 0 Å². The topological polar surface area (TPSA) is 98.2 Å². The number of benzene rings is 1. The largest absolute Gasteiger partial charge is 0.497 e. The summed E-state index contributed by atoms with van der Waals surface area (Å²) in [6.07, 6.45) is 4.55. The lowest BCUT2D eigenvalue weighted by Gasteiger charge is -2.19. The maximum absolute atomic E-state index is 13.2. The molecule has 1 N–H and O–H groups in total. The standard InChI is InChI=1S/C20H19N3O4S/c1-27-16-7-9-17(10-8-16)28(25,26)19(15-5-4-11-21-13-15)14-23-20(24)18-6-2-3-12-22-18/h2-13,19H,14H2,1H3,(H,23,24)/t19-/m0/s1. The zero-order valence-corrected chi connectivity index (χ0v) is 16.0. The number of sulfone groups is 1. The van der Waals surface area contributed by atoms with E-state index in [2.05, 4.69) is 15.3 Å². The smallest absolute Gasteiger partial charge is 0.269 e.